The van der Waals surface area contributed by atoms with E-state index in [2.05, 4.69) is 36.1 Å². The standard InChI is InChI=1S/C14H18ClN3S/c1-4-16-13(12-6-5-11(15)8-17-12)7-14-18-9(2)10(3)19-14/h5-6,8,13,16H,4,7H2,1-3H3. The Kier molecular flexibility index (Phi) is 4.91. The summed E-state index contributed by atoms with van der Waals surface area (Å²) < 4.78 is 0. The van der Waals surface area contributed by atoms with E-state index in [4.69, 9.17) is 11.6 Å². The fourth-order valence-corrected chi connectivity index (χ4v) is 3.01. The van der Waals surface area contributed by atoms with Crippen LogP contribution in [0.15, 0.2) is 18.3 Å². The number of aromatic nitrogens is 2. The van der Waals surface area contributed by atoms with Crippen LogP contribution in [0.3, 0.4) is 0 Å². The number of nitrogens with zero attached hydrogens (tertiary/aromatic N) is 2. The molecule has 0 aromatic carbocycles. The van der Waals surface area contributed by atoms with Crippen molar-refractivity contribution in [1.82, 2.24) is 15.3 Å². The van der Waals surface area contributed by atoms with E-state index in [1.165, 1.54) is 4.88 Å². The first-order valence-corrected chi connectivity index (χ1v) is 7.57. The molecule has 1 unspecified atom stereocenters. The van der Waals surface area contributed by atoms with E-state index in [0.717, 1.165) is 29.4 Å². The molecule has 0 spiro atoms. The summed E-state index contributed by atoms with van der Waals surface area (Å²) in [6.45, 7) is 7.16. The molecule has 0 fully saturated rings. The molecule has 2 aromatic heterocycles. The summed E-state index contributed by atoms with van der Waals surface area (Å²) in [5.41, 5.74) is 2.14. The van der Waals surface area contributed by atoms with Crippen LogP contribution in [0.25, 0.3) is 0 Å². The Morgan fingerprint density at radius 2 is 2.16 bits per heavy atom. The van der Waals surface area contributed by atoms with Crippen molar-refractivity contribution in [2.45, 2.75) is 33.2 Å². The van der Waals surface area contributed by atoms with E-state index in [9.17, 15) is 0 Å². The van der Waals surface area contributed by atoms with E-state index in [-0.39, 0.29) is 6.04 Å². The minimum Gasteiger partial charge on any atom is -0.309 e. The van der Waals surface area contributed by atoms with Gasteiger partial charge < -0.3 is 5.32 Å². The van der Waals surface area contributed by atoms with Crippen molar-refractivity contribution in [3.05, 3.63) is 44.6 Å². The number of likely N-dealkylation sites (N-methyl/N-ethyl adjacent to an activating group) is 1. The second-order valence-corrected chi connectivity index (χ2v) is 6.19. The second-order valence-electron chi connectivity index (χ2n) is 4.46. The van der Waals surface area contributed by atoms with Crippen molar-refractivity contribution in [3.8, 4) is 0 Å². The number of pyridine rings is 1. The van der Waals surface area contributed by atoms with Gasteiger partial charge in [0, 0.05) is 17.5 Å². The lowest BCUT2D eigenvalue weighted by molar-refractivity contribution is 0.535. The minimum atomic E-state index is 0.187. The Morgan fingerprint density at radius 1 is 1.37 bits per heavy atom. The molecular formula is C14H18ClN3S. The van der Waals surface area contributed by atoms with Gasteiger partial charge >= 0.3 is 0 Å². The lowest BCUT2D eigenvalue weighted by atomic mass is 10.1. The van der Waals surface area contributed by atoms with Gasteiger partial charge in [-0.15, -0.1) is 11.3 Å². The first kappa shape index (κ1) is 14.4. The molecule has 5 heteroatoms. The number of nitrogens with one attached hydrogen (secondary N) is 1. The number of aryl methyl sites for hydroxylation is 2. The molecule has 0 amide bonds. The molecule has 2 aromatic rings. The molecule has 0 aliphatic rings. The normalized spacial score (nSPS) is 12.6. The molecule has 1 N–H and O–H groups in total. The average molecular weight is 296 g/mol. The SMILES string of the molecule is CCNC(Cc1nc(C)c(C)s1)c1ccc(Cl)cn1. The first-order chi connectivity index (χ1) is 9.10. The van der Waals surface area contributed by atoms with E-state index < -0.39 is 0 Å². The van der Waals surface area contributed by atoms with Crippen molar-refractivity contribution in [1.29, 1.82) is 0 Å². The average Bonchev–Trinajstić information content (AvgIpc) is 2.69. The smallest absolute Gasteiger partial charge is 0.0950 e. The first-order valence-electron chi connectivity index (χ1n) is 6.38. The van der Waals surface area contributed by atoms with E-state index >= 15 is 0 Å². The summed E-state index contributed by atoms with van der Waals surface area (Å²) in [6.07, 6.45) is 2.56. The molecule has 3 nitrogen and oxygen atoms in total. The van der Waals surface area contributed by atoms with Crippen molar-refractivity contribution in [2.75, 3.05) is 6.54 Å². The molecule has 2 heterocycles. The van der Waals surface area contributed by atoms with Gasteiger partial charge in [-0.05, 0) is 32.5 Å². The molecule has 102 valence electrons. The second kappa shape index (κ2) is 6.46. The zero-order valence-electron chi connectivity index (χ0n) is 11.4. The zero-order chi connectivity index (χ0) is 13.8. The third-order valence-electron chi connectivity index (χ3n) is 3.01. The monoisotopic (exact) mass is 295 g/mol. The molecule has 0 aliphatic carbocycles. The molecule has 0 bridgehead atoms. The summed E-state index contributed by atoms with van der Waals surface area (Å²) in [7, 11) is 0. The van der Waals surface area contributed by atoms with Crippen LogP contribution in [0.5, 0.6) is 0 Å². The molecular weight excluding hydrogens is 278 g/mol. The number of hydrogen-bond acceptors (Lipinski definition) is 4. The summed E-state index contributed by atoms with van der Waals surface area (Å²) in [4.78, 5) is 10.3. The van der Waals surface area contributed by atoms with Gasteiger partial charge in [-0.3, -0.25) is 4.98 Å². The summed E-state index contributed by atoms with van der Waals surface area (Å²) >= 11 is 7.65. The Morgan fingerprint density at radius 3 is 2.68 bits per heavy atom. The lowest BCUT2D eigenvalue weighted by Crippen LogP contribution is -2.23. The van der Waals surface area contributed by atoms with Gasteiger partial charge in [0.25, 0.3) is 0 Å². The number of rotatable bonds is 5. The van der Waals surface area contributed by atoms with Crippen LogP contribution in [0.4, 0.5) is 0 Å². The Bertz CT molecular complexity index is 517. The number of halogens is 1. The van der Waals surface area contributed by atoms with Crippen LogP contribution in [0, 0.1) is 13.8 Å². The highest BCUT2D eigenvalue weighted by Gasteiger charge is 2.15. The summed E-state index contributed by atoms with van der Waals surface area (Å²) in [6, 6.07) is 4.04. The predicted octanol–water partition coefficient (Wildman–Crippen LogP) is 3.70. The highest BCUT2D eigenvalue weighted by atomic mass is 35.5. The maximum absolute atomic E-state index is 5.88. The van der Waals surface area contributed by atoms with Crippen molar-refractivity contribution in [2.24, 2.45) is 0 Å². The van der Waals surface area contributed by atoms with Crippen molar-refractivity contribution in [3.63, 3.8) is 0 Å². The molecule has 0 aliphatic heterocycles. The molecule has 0 saturated carbocycles. The molecule has 0 saturated heterocycles. The van der Waals surface area contributed by atoms with Gasteiger partial charge in [0.05, 0.1) is 27.5 Å². The largest absolute Gasteiger partial charge is 0.309 e. The third-order valence-corrected chi connectivity index (χ3v) is 4.33. The van der Waals surface area contributed by atoms with E-state index in [1.807, 2.05) is 12.1 Å². The fourth-order valence-electron chi connectivity index (χ4n) is 1.92. The highest BCUT2D eigenvalue weighted by Crippen LogP contribution is 2.23. The maximum Gasteiger partial charge on any atom is 0.0950 e. The number of hydrogen-bond donors (Lipinski definition) is 1. The summed E-state index contributed by atoms with van der Waals surface area (Å²) in [5.74, 6) is 0. The lowest BCUT2D eigenvalue weighted by Gasteiger charge is -2.16. The van der Waals surface area contributed by atoms with Gasteiger partial charge in [0.2, 0.25) is 0 Å². The Labute approximate surface area is 123 Å². The highest BCUT2D eigenvalue weighted by molar-refractivity contribution is 7.11. The topological polar surface area (TPSA) is 37.8 Å². The number of thiazole rings is 1. The Hall–Kier alpha value is -0.970. The molecule has 2 rings (SSSR count). The van der Waals surface area contributed by atoms with E-state index in [1.54, 1.807) is 17.5 Å². The Balaban J connectivity index is 2.18. The van der Waals surface area contributed by atoms with Crippen LogP contribution in [-0.2, 0) is 6.42 Å². The molecule has 19 heavy (non-hydrogen) atoms. The van der Waals surface area contributed by atoms with Crippen molar-refractivity contribution < 1.29 is 0 Å². The fraction of sp³-hybridized carbons (Fsp3) is 0.429. The third kappa shape index (κ3) is 3.75. The van der Waals surface area contributed by atoms with Gasteiger partial charge in [0.15, 0.2) is 0 Å². The zero-order valence-corrected chi connectivity index (χ0v) is 13.0. The van der Waals surface area contributed by atoms with Crippen LogP contribution in [-0.4, -0.2) is 16.5 Å². The van der Waals surface area contributed by atoms with E-state index in [0.29, 0.717) is 5.02 Å². The summed E-state index contributed by atoms with van der Waals surface area (Å²) in [5, 5.41) is 5.27. The van der Waals surface area contributed by atoms with Crippen LogP contribution in [0.1, 0.15) is 34.2 Å². The van der Waals surface area contributed by atoms with Gasteiger partial charge in [-0.2, -0.15) is 0 Å². The van der Waals surface area contributed by atoms with Crippen LogP contribution >= 0.6 is 22.9 Å². The quantitative estimate of drug-likeness (QED) is 0.914. The van der Waals surface area contributed by atoms with Crippen molar-refractivity contribution >= 4 is 22.9 Å². The van der Waals surface area contributed by atoms with Gasteiger partial charge in [-0.1, -0.05) is 18.5 Å². The predicted molar refractivity (Wildman–Crippen MR) is 81.0 cm³/mol. The van der Waals surface area contributed by atoms with Crippen LogP contribution in [0.2, 0.25) is 5.02 Å². The van der Waals surface area contributed by atoms with Gasteiger partial charge in [0.1, 0.15) is 0 Å². The molecule has 1 atom stereocenters. The van der Waals surface area contributed by atoms with Gasteiger partial charge in [-0.25, -0.2) is 4.98 Å². The maximum atomic E-state index is 5.88. The molecule has 0 radical (unpaired) electrons. The van der Waals surface area contributed by atoms with Crippen LogP contribution < -0.4 is 5.32 Å². The minimum absolute atomic E-state index is 0.187.